The SMILES string of the molecule is CNC(c1ccc2cccnc2c1)C(C)(C)OC. The number of ether oxygens (including phenoxy) is 1. The lowest BCUT2D eigenvalue weighted by atomic mass is 9.91. The molecule has 1 aromatic heterocycles. The first-order valence-corrected chi connectivity index (χ1v) is 6.15. The predicted molar refractivity (Wildman–Crippen MR) is 74.6 cm³/mol. The van der Waals surface area contributed by atoms with E-state index < -0.39 is 0 Å². The van der Waals surface area contributed by atoms with Gasteiger partial charge in [0.15, 0.2) is 0 Å². The smallest absolute Gasteiger partial charge is 0.0816 e. The van der Waals surface area contributed by atoms with Crippen molar-refractivity contribution < 1.29 is 4.74 Å². The highest BCUT2D eigenvalue weighted by molar-refractivity contribution is 5.79. The molecule has 1 N–H and O–H groups in total. The van der Waals surface area contributed by atoms with Crippen molar-refractivity contribution >= 4 is 10.9 Å². The molecule has 18 heavy (non-hydrogen) atoms. The number of nitrogens with zero attached hydrogens (tertiary/aromatic N) is 1. The third-order valence-electron chi connectivity index (χ3n) is 3.47. The molecule has 2 rings (SSSR count). The molecule has 96 valence electrons. The number of fused-ring (bicyclic) bond motifs is 1. The Kier molecular flexibility index (Phi) is 3.64. The second-order valence-corrected chi connectivity index (χ2v) is 4.98. The fraction of sp³-hybridized carbons (Fsp3) is 0.400. The van der Waals surface area contributed by atoms with Crippen LogP contribution < -0.4 is 5.32 Å². The van der Waals surface area contributed by atoms with Gasteiger partial charge in [-0.3, -0.25) is 4.98 Å². The standard InChI is InChI=1S/C15H20N2O/c1-15(2,18-4)14(16-3)12-8-7-11-6-5-9-17-13(11)10-12/h5-10,14,16H,1-4H3. The monoisotopic (exact) mass is 244 g/mol. The summed E-state index contributed by atoms with van der Waals surface area (Å²) in [6.07, 6.45) is 1.82. The molecule has 1 heterocycles. The maximum Gasteiger partial charge on any atom is 0.0816 e. The van der Waals surface area contributed by atoms with Gasteiger partial charge in [-0.15, -0.1) is 0 Å². The summed E-state index contributed by atoms with van der Waals surface area (Å²) in [4.78, 5) is 4.40. The minimum atomic E-state index is -0.267. The molecule has 2 aromatic rings. The van der Waals surface area contributed by atoms with E-state index in [2.05, 4.69) is 48.4 Å². The molecule has 0 amide bonds. The van der Waals surface area contributed by atoms with E-state index in [0.29, 0.717) is 0 Å². The van der Waals surface area contributed by atoms with Crippen molar-refractivity contribution in [2.24, 2.45) is 0 Å². The zero-order valence-electron chi connectivity index (χ0n) is 11.4. The van der Waals surface area contributed by atoms with Gasteiger partial charge >= 0.3 is 0 Å². The maximum absolute atomic E-state index is 5.57. The van der Waals surface area contributed by atoms with Crippen molar-refractivity contribution in [3.63, 3.8) is 0 Å². The Hall–Kier alpha value is -1.45. The summed E-state index contributed by atoms with van der Waals surface area (Å²) in [5, 5.41) is 4.48. The molecule has 0 saturated heterocycles. The number of rotatable bonds is 4. The largest absolute Gasteiger partial charge is 0.377 e. The van der Waals surface area contributed by atoms with E-state index in [-0.39, 0.29) is 11.6 Å². The van der Waals surface area contributed by atoms with E-state index in [0.717, 1.165) is 10.9 Å². The van der Waals surface area contributed by atoms with Gasteiger partial charge < -0.3 is 10.1 Å². The van der Waals surface area contributed by atoms with E-state index in [1.54, 1.807) is 7.11 Å². The Morgan fingerprint density at radius 2 is 2.06 bits per heavy atom. The molecule has 0 aliphatic carbocycles. The number of aromatic nitrogens is 1. The predicted octanol–water partition coefficient (Wildman–Crippen LogP) is 2.92. The summed E-state index contributed by atoms with van der Waals surface area (Å²) in [5.41, 5.74) is 1.94. The summed E-state index contributed by atoms with van der Waals surface area (Å²) >= 11 is 0. The van der Waals surface area contributed by atoms with Crippen LogP contribution in [-0.4, -0.2) is 24.7 Å². The molecule has 0 bridgehead atoms. The van der Waals surface area contributed by atoms with E-state index >= 15 is 0 Å². The van der Waals surface area contributed by atoms with Crippen molar-refractivity contribution in [3.05, 3.63) is 42.1 Å². The van der Waals surface area contributed by atoms with Crippen LogP contribution in [0.2, 0.25) is 0 Å². The minimum absolute atomic E-state index is 0.133. The van der Waals surface area contributed by atoms with Crippen LogP contribution in [0.5, 0.6) is 0 Å². The molecular formula is C15H20N2O. The number of likely N-dealkylation sites (N-methyl/N-ethyl adjacent to an activating group) is 1. The lowest BCUT2D eigenvalue weighted by molar-refractivity contribution is -0.00895. The van der Waals surface area contributed by atoms with Crippen LogP contribution in [0.25, 0.3) is 10.9 Å². The quantitative estimate of drug-likeness (QED) is 0.898. The zero-order chi connectivity index (χ0) is 13.2. The first-order chi connectivity index (χ1) is 8.58. The molecular weight excluding hydrogens is 224 g/mol. The first kappa shape index (κ1) is 13.0. The molecule has 0 aliphatic rings. The van der Waals surface area contributed by atoms with Crippen molar-refractivity contribution in [2.75, 3.05) is 14.2 Å². The van der Waals surface area contributed by atoms with Crippen LogP contribution in [0.3, 0.4) is 0 Å². The van der Waals surface area contributed by atoms with Gasteiger partial charge in [-0.25, -0.2) is 0 Å². The highest BCUT2D eigenvalue weighted by Crippen LogP contribution is 2.29. The summed E-state index contributed by atoms with van der Waals surface area (Å²) < 4.78 is 5.57. The van der Waals surface area contributed by atoms with Gasteiger partial charge in [0, 0.05) is 18.7 Å². The second-order valence-electron chi connectivity index (χ2n) is 4.98. The van der Waals surface area contributed by atoms with E-state index in [4.69, 9.17) is 4.74 Å². The van der Waals surface area contributed by atoms with Crippen molar-refractivity contribution in [1.29, 1.82) is 0 Å². The van der Waals surface area contributed by atoms with Crippen LogP contribution in [-0.2, 0) is 4.74 Å². The summed E-state index contributed by atoms with van der Waals surface area (Å²) in [5.74, 6) is 0. The normalized spacial score (nSPS) is 13.8. The highest BCUT2D eigenvalue weighted by atomic mass is 16.5. The Labute approximate surface area is 108 Å². The molecule has 3 nitrogen and oxygen atoms in total. The van der Waals surface area contributed by atoms with E-state index in [9.17, 15) is 0 Å². The van der Waals surface area contributed by atoms with Gasteiger partial charge in [0.05, 0.1) is 17.2 Å². The first-order valence-electron chi connectivity index (χ1n) is 6.15. The minimum Gasteiger partial charge on any atom is -0.377 e. The lowest BCUT2D eigenvalue weighted by Gasteiger charge is -2.33. The number of methoxy groups -OCH3 is 1. The van der Waals surface area contributed by atoms with Gasteiger partial charge in [-0.05, 0) is 38.6 Å². The third kappa shape index (κ3) is 2.37. The molecule has 3 heteroatoms. The second kappa shape index (κ2) is 5.04. The van der Waals surface area contributed by atoms with Gasteiger partial charge in [0.1, 0.15) is 0 Å². The lowest BCUT2D eigenvalue weighted by Crippen LogP contribution is -2.39. The third-order valence-corrected chi connectivity index (χ3v) is 3.47. The summed E-state index contributed by atoms with van der Waals surface area (Å²) in [6.45, 7) is 4.16. The van der Waals surface area contributed by atoms with Gasteiger partial charge in [-0.2, -0.15) is 0 Å². The number of pyridine rings is 1. The van der Waals surface area contributed by atoms with Crippen LogP contribution in [0.15, 0.2) is 36.5 Å². The summed E-state index contributed by atoms with van der Waals surface area (Å²) in [6, 6.07) is 10.5. The fourth-order valence-corrected chi connectivity index (χ4v) is 2.30. The topological polar surface area (TPSA) is 34.2 Å². The molecule has 1 unspecified atom stereocenters. The zero-order valence-corrected chi connectivity index (χ0v) is 11.4. The number of hydrogen-bond donors (Lipinski definition) is 1. The van der Waals surface area contributed by atoms with Gasteiger partial charge in [0.25, 0.3) is 0 Å². The van der Waals surface area contributed by atoms with Crippen molar-refractivity contribution in [3.8, 4) is 0 Å². The van der Waals surface area contributed by atoms with E-state index in [1.165, 1.54) is 5.56 Å². The molecule has 0 spiro atoms. The number of hydrogen-bond acceptors (Lipinski definition) is 3. The Morgan fingerprint density at radius 3 is 2.72 bits per heavy atom. The molecule has 0 radical (unpaired) electrons. The molecule has 0 aliphatic heterocycles. The average Bonchev–Trinajstić information content (AvgIpc) is 2.39. The maximum atomic E-state index is 5.57. The Balaban J connectivity index is 2.46. The van der Waals surface area contributed by atoms with Crippen molar-refractivity contribution in [2.45, 2.75) is 25.5 Å². The Morgan fingerprint density at radius 1 is 1.28 bits per heavy atom. The average molecular weight is 244 g/mol. The Bertz CT molecular complexity index is 537. The van der Waals surface area contributed by atoms with Crippen LogP contribution in [0.1, 0.15) is 25.5 Å². The molecule has 0 fully saturated rings. The molecule has 1 aromatic carbocycles. The fourth-order valence-electron chi connectivity index (χ4n) is 2.30. The number of nitrogens with one attached hydrogen (secondary N) is 1. The summed E-state index contributed by atoms with van der Waals surface area (Å²) in [7, 11) is 3.69. The highest BCUT2D eigenvalue weighted by Gasteiger charge is 2.29. The van der Waals surface area contributed by atoms with Crippen LogP contribution >= 0.6 is 0 Å². The van der Waals surface area contributed by atoms with Gasteiger partial charge in [-0.1, -0.05) is 18.2 Å². The molecule has 0 saturated carbocycles. The van der Waals surface area contributed by atoms with Crippen molar-refractivity contribution in [1.82, 2.24) is 10.3 Å². The van der Waals surface area contributed by atoms with E-state index in [1.807, 2.05) is 19.3 Å². The number of benzene rings is 1. The van der Waals surface area contributed by atoms with Crippen LogP contribution in [0, 0.1) is 0 Å². The molecule has 1 atom stereocenters. The van der Waals surface area contributed by atoms with Gasteiger partial charge in [0.2, 0.25) is 0 Å². The van der Waals surface area contributed by atoms with Crippen LogP contribution in [0.4, 0.5) is 0 Å².